The molecule has 0 aliphatic carbocycles. The summed E-state index contributed by atoms with van der Waals surface area (Å²) in [5.41, 5.74) is -1.48. The first kappa shape index (κ1) is 13.4. The zero-order valence-electron chi connectivity index (χ0n) is 9.23. The van der Waals surface area contributed by atoms with E-state index >= 15 is 0 Å². The van der Waals surface area contributed by atoms with Gasteiger partial charge in [-0.2, -0.15) is 18.3 Å². The van der Waals surface area contributed by atoms with E-state index in [4.69, 9.17) is 11.6 Å². The maximum atomic E-state index is 12.8. The van der Waals surface area contributed by atoms with Gasteiger partial charge in [0.25, 0.3) is 0 Å². The van der Waals surface area contributed by atoms with Crippen molar-refractivity contribution in [2.75, 3.05) is 7.11 Å². The van der Waals surface area contributed by atoms with Gasteiger partial charge in [-0.25, -0.2) is 14.3 Å². The Balaban J connectivity index is 2.60. The molecule has 0 amide bonds. The fourth-order valence-electron chi connectivity index (χ4n) is 1.32. The van der Waals surface area contributed by atoms with E-state index in [2.05, 4.69) is 19.6 Å². The van der Waals surface area contributed by atoms with Crippen molar-refractivity contribution in [2.24, 2.45) is 0 Å². The number of ether oxygens (including phenoxy) is 2. The second kappa shape index (κ2) is 4.57. The van der Waals surface area contributed by atoms with E-state index in [1.807, 2.05) is 0 Å². The molecule has 0 aliphatic rings. The Hall–Kier alpha value is -2.03. The van der Waals surface area contributed by atoms with Crippen LogP contribution in [0.5, 0.6) is 5.75 Å². The van der Waals surface area contributed by atoms with Crippen molar-refractivity contribution in [2.45, 2.75) is 6.18 Å². The molecule has 0 aliphatic heterocycles. The predicted molar refractivity (Wildman–Crippen MR) is 56.0 cm³/mol. The summed E-state index contributed by atoms with van der Waals surface area (Å²) in [6.07, 6.45) is -4.88. The van der Waals surface area contributed by atoms with E-state index in [-0.39, 0.29) is 11.4 Å². The molecule has 0 spiro atoms. The molecule has 102 valence electrons. The van der Waals surface area contributed by atoms with Crippen LogP contribution in [0.1, 0.15) is 5.69 Å². The van der Waals surface area contributed by atoms with Gasteiger partial charge in [-0.1, -0.05) is 11.6 Å². The van der Waals surface area contributed by atoms with Crippen LogP contribution in [0, 0.1) is 0 Å². The molecule has 2 aromatic rings. The Morgan fingerprint density at radius 3 is 2.74 bits per heavy atom. The second-order valence-electron chi connectivity index (χ2n) is 3.26. The van der Waals surface area contributed by atoms with Crippen LogP contribution < -0.4 is 4.74 Å². The molecule has 0 saturated carbocycles. The Kier molecular flexibility index (Phi) is 3.23. The van der Waals surface area contributed by atoms with Gasteiger partial charge >= 0.3 is 12.3 Å². The van der Waals surface area contributed by atoms with Crippen molar-refractivity contribution in [3.8, 4) is 5.75 Å². The number of halogens is 4. The normalized spacial score (nSPS) is 11.6. The standard InChI is InChI=1S/C9H5ClF3N3O3/c1-18-8(17)19-4-3-14-16-5(9(11,12)13)2-6(10)15-7(4)16/h2-3H,1H3. The van der Waals surface area contributed by atoms with Gasteiger partial charge in [0.05, 0.1) is 13.3 Å². The lowest BCUT2D eigenvalue weighted by molar-refractivity contribution is -0.142. The number of carbonyl (C=O) groups is 1. The van der Waals surface area contributed by atoms with Gasteiger partial charge in [0.15, 0.2) is 11.4 Å². The molecule has 0 radical (unpaired) electrons. The summed E-state index contributed by atoms with van der Waals surface area (Å²) in [6, 6.07) is 0.615. The highest BCUT2D eigenvalue weighted by Crippen LogP contribution is 2.32. The highest BCUT2D eigenvalue weighted by atomic mass is 35.5. The van der Waals surface area contributed by atoms with Crippen molar-refractivity contribution in [3.05, 3.63) is 23.1 Å². The van der Waals surface area contributed by atoms with Crippen LogP contribution >= 0.6 is 11.6 Å². The summed E-state index contributed by atoms with van der Waals surface area (Å²) in [4.78, 5) is 14.6. The molecule has 0 N–H and O–H groups in total. The van der Waals surface area contributed by atoms with Crippen LogP contribution in [0.15, 0.2) is 12.3 Å². The van der Waals surface area contributed by atoms with Crippen molar-refractivity contribution in [3.63, 3.8) is 0 Å². The number of carbonyl (C=O) groups excluding carboxylic acids is 1. The molecule has 2 heterocycles. The van der Waals surface area contributed by atoms with Gasteiger partial charge in [0.1, 0.15) is 5.15 Å². The first-order valence-corrected chi connectivity index (χ1v) is 5.08. The third-order valence-corrected chi connectivity index (χ3v) is 2.25. The van der Waals surface area contributed by atoms with E-state index < -0.39 is 23.2 Å². The molecule has 2 rings (SSSR count). The van der Waals surface area contributed by atoms with Gasteiger partial charge < -0.3 is 9.47 Å². The average molecular weight is 296 g/mol. The van der Waals surface area contributed by atoms with Gasteiger partial charge in [-0.15, -0.1) is 0 Å². The Labute approximate surface area is 108 Å². The van der Waals surface area contributed by atoms with Crippen LogP contribution in [0.25, 0.3) is 5.65 Å². The lowest BCUT2D eigenvalue weighted by Crippen LogP contribution is -2.13. The fourth-order valence-corrected chi connectivity index (χ4v) is 1.50. The minimum atomic E-state index is -4.68. The number of fused-ring (bicyclic) bond motifs is 1. The molecule has 19 heavy (non-hydrogen) atoms. The second-order valence-corrected chi connectivity index (χ2v) is 3.65. The summed E-state index contributed by atoms with van der Waals surface area (Å²) in [6.45, 7) is 0. The van der Waals surface area contributed by atoms with Crippen LogP contribution in [0.2, 0.25) is 5.15 Å². The summed E-state index contributed by atoms with van der Waals surface area (Å²) < 4.78 is 47.6. The fraction of sp³-hybridized carbons (Fsp3) is 0.222. The zero-order chi connectivity index (χ0) is 14.2. The van der Waals surface area contributed by atoms with E-state index in [0.717, 1.165) is 13.3 Å². The first-order chi connectivity index (χ1) is 8.82. The monoisotopic (exact) mass is 295 g/mol. The molecule has 2 aromatic heterocycles. The zero-order valence-corrected chi connectivity index (χ0v) is 9.99. The lowest BCUT2D eigenvalue weighted by atomic mass is 10.4. The van der Waals surface area contributed by atoms with Gasteiger partial charge in [0.2, 0.25) is 5.65 Å². The van der Waals surface area contributed by atoms with E-state index in [1.165, 1.54) is 0 Å². The number of hydrogen-bond donors (Lipinski definition) is 0. The van der Waals surface area contributed by atoms with Crippen LogP contribution in [0.3, 0.4) is 0 Å². The Morgan fingerprint density at radius 2 is 2.16 bits per heavy atom. The Bertz CT molecular complexity index is 641. The van der Waals surface area contributed by atoms with Crippen LogP contribution in [-0.2, 0) is 10.9 Å². The number of alkyl halides is 3. The molecule has 0 saturated heterocycles. The van der Waals surface area contributed by atoms with Gasteiger partial charge in [-0.05, 0) is 0 Å². The third-order valence-electron chi connectivity index (χ3n) is 2.06. The number of methoxy groups -OCH3 is 1. The van der Waals surface area contributed by atoms with Gasteiger partial charge in [-0.3, -0.25) is 0 Å². The van der Waals surface area contributed by atoms with Crippen molar-refractivity contribution in [1.29, 1.82) is 0 Å². The molecule has 0 fully saturated rings. The summed E-state index contributed by atoms with van der Waals surface area (Å²) in [7, 11) is 1.05. The summed E-state index contributed by atoms with van der Waals surface area (Å²) in [5.74, 6) is -0.292. The molecule has 6 nitrogen and oxygen atoms in total. The maximum absolute atomic E-state index is 12.8. The maximum Gasteiger partial charge on any atom is 0.513 e. The smallest absolute Gasteiger partial charge is 0.437 e. The number of hydrogen-bond acceptors (Lipinski definition) is 5. The molecular weight excluding hydrogens is 291 g/mol. The van der Waals surface area contributed by atoms with Gasteiger partial charge in [0, 0.05) is 6.07 Å². The van der Waals surface area contributed by atoms with Crippen LogP contribution in [0.4, 0.5) is 18.0 Å². The van der Waals surface area contributed by atoms with E-state index in [0.29, 0.717) is 10.6 Å². The first-order valence-electron chi connectivity index (χ1n) is 4.70. The third kappa shape index (κ3) is 2.55. The molecular formula is C9H5ClF3N3O3. The van der Waals surface area contributed by atoms with Crippen molar-refractivity contribution >= 4 is 23.4 Å². The highest BCUT2D eigenvalue weighted by Gasteiger charge is 2.35. The minimum absolute atomic E-state index is 0.292. The van der Waals surface area contributed by atoms with E-state index in [1.54, 1.807) is 0 Å². The molecule has 0 unspecified atom stereocenters. The predicted octanol–water partition coefficient (Wildman–Crippen LogP) is 2.55. The average Bonchev–Trinajstić information content (AvgIpc) is 2.70. The number of rotatable bonds is 1. The largest absolute Gasteiger partial charge is 0.513 e. The summed E-state index contributed by atoms with van der Waals surface area (Å²) in [5, 5.41) is 3.05. The summed E-state index contributed by atoms with van der Waals surface area (Å²) >= 11 is 5.51. The van der Waals surface area contributed by atoms with E-state index in [9.17, 15) is 18.0 Å². The quantitative estimate of drug-likeness (QED) is 0.597. The molecule has 0 aromatic carbocycles. The number of aromatic nitrogens is 3. The molecule has 0 atom stereocenters. The lowest BCUT2D eigenvalue weighted by Gasteiger charge is -2.08. The van der Waals surface area contributed by atoms with Crippen LogP contribution in [-0.4, -0.2) is 27.9 Å². The SMILES string of the molecule is COC(=O)Oc1cnn2c(C(F)(F)F)cc(Cl)nc12. The highest BCUT2D eigenvalue weighted by molar-refractivity contribution is 6.29. The Morgan fingerprint density at radius 1 is 1.47 bits per heavy atom. The topological polar surface area (TPSA) is 65.7 Å². The minimum Gasteiger partial charge on any atom is -0.437 e. The van der Waals surface area contributed by atoms with Crippen molar-refractivity contribution in [1.82, 2.24) is 14.6 Å². The molecule has 10 heteroatoms. The van der Waals surface area contributed by atoms with Crippen molar-refractivity contribution < 1.29 is 27.4 Å². The molecule has 0 bridgehead atoms. The number of nitrogens with zero attached hydrogens (tertiary/aromatic N) is 3.